The Morgan fingerprint density at radius 2 is 1.57 bits per heavy atom. The molecular formula is C15H13F4O3P. The Morgan fingerprint density at radius 1 is 1.00 bits per heavy atom. The highest BCUT2D eigenvalue weighted by atomic mass is 31.2. The summed E-state index contributed by atoms with van der Waals surface area (Å²) < 4.78 is 74.3. The molecule has 2 unspecified atom stereocenters. The van der Waals surface area contributed by atoms with Gasteiger partial charge in [0.2, 0.25) is 0 Å². The van der Waals surface area contributed by atoms with Crippen LogP contribution in [0.2, 0.25) is 0 Å². The molecule has 0 N–H and O–H groups in total. The van der Waals surface area contributed by atoms with Gasteiger partial charge in [0.1, 0.15) is 11.6 Å². The molecule has 0 saturated heterocycles. The van der Waals surface area contributed by atoms with Crippen molar-refractivity contribution in [2.24, 2.45) is 0 Å². The van der Waals surface area contributed by atoms with Gasteiger partial charge in [0.25, 0.3) is 0 Å². The van der Waals surface area contributed by atoms with E-state index >= 15 is 0 Å². The maximum absolute atomic E-state index is 13.2. The van der Waals surface area contributed by atoms with Crippen LogP contribution in [0.5, 0.6) is 5.75 Å². The van der Waals surface area contributed by atoms with Gasteiger partial charge in [-0.1, -0.05) is 30.3 Å². The third-order valence-corrected chi connectivity index (χ3v) is 3.92. The Balaban J connectivity index is 2.21. The van der Waals surface area contributed by atoms with Crippen LogP contribution in [0.1, 0.15) is 11.7 Å². The summed E-state index contributed by atoms with van der Waals surface area (Å²) in [5.74, 6) is -0.604. The summed E-state index contributed by atoms with van der Waals surface area (Å²) >= 11 is 0. The highest BCUT2D eigenvalue weighted by Crippen LogP contribution is 2.52. The molecule has 124 valence electrons. The van der Waals surface area contributed by atoms with Gasteiger partial charge >= 0.3 is 13.8 Å². The van der Waals surface area contributed by atoms with Crippen LogP contribution in [-0.4, -0.2) is 12.8 Å². The lowest BCUT2D eigenvalue weighted by Gasteiger charge is -2.24. The second-order valence-electron chi connectivity index (χ2n) is 4.75. The molecule has 23 heavy (non-hydrogen) atoms. The van der Waals surface area contributed by atoms with Gasteiger partial charge in [-0.05, 0) is 29.8 Å². The molecule has 0 bridgehead atoms. The zero-order valence-corrected chi connectivity index (χ0v) is 12.9. The van der Waals surface area contributed by atoms with Gasteiger partial charge < -0.3 is 4.52 Å². The topological polar surface area (TPSA) is 35.5 Å². The molecule has 0 aliphatic heterocycles. The first-order valence-corrected chi connectivity index (χ1v) is 8.49. The van der Waals surface area contributed by atoms with E-state index in [1.165, 1.54) is 24.3 Å². The van der Waals surface area contributed by atoms with Crippen molar-refractivity contribution in [3.05, 3.63) is 66.0 Å². The Labute approximate surface area is 130 Å². The standard InChI is InChI=1S/C15H13F4O3P/c1-23(20,21-13-9-7-12(16)8-10-13)22-14(15(17,18)19)11-5-3-2-4-6-11/h2-10,14H,1H3. The molecule has 2 rings (SSSR count). The lowest BCUT2D eigenvalue weighted by molar-refractivity contribution is -0.199. The fraction of sp³-hybridized carbons (Fsp3) is 0.200. The molecule has 0 fully saturated rings. The van der Waals surface area contributed by atoms with Crippen LogP contribution < -0.4 is 4.52 Å². The molecular weight excluding hydrogens is 335 g/mol. The lowest BCUT2D eigenvalue weighted by Crippen LogP contribution is -2.23. The van der Waals surface area contributed by atoms with Gasteiger partial charge in [-0.15, -0.1) is 0 Å². The smallest absolute Gasteiger partial charge is 0.419 e. The van der Waals surface area contributed by atoms with E-state index in [9.17, 15) is 22.1 Å². The SMILES string of the molecule is CP(=O)(Oc1ccc(F)cc1)OC(c1ccccc1)C(F)(F)F. The summed E-state index contributed by atoms with van der Waals surface area (Å²) in [6, 6.07) is 11.2. The first kappa shape index (κ1) is 17.5. The highest BCUT2D eigenvalue weighted by molar-refractivity contribution is 7.53. The van der Waals surface area contributed by atoms with Crippen LogP contribution in [0.25, 0.3) is 0 Å². The molecule has 0 aromatic heterocycles. The van der Waals surface area contributed by atoms with E-state index in [1.54, 1.807) is 6.07 Å². The highest BCUT2D eigenvalue weighted by Gasteiger charge is 2.45. The Hall–Kier alpha value is -1.85. The van der Waals surface area contributed by atoms with Crippen molar-refractivity contribution < 1.29 is 31.2 Å². The first-order valence-electron chi connectivity index (χ1n) is 6.50. The summed E-state index contributed by atoms with van der Waals surface area (Å²) in [6.07, 6.45) is -7.15. The molecule has 2 aromatic rings. The van der Waals surface area contributed by atoms with Crippen LogP contribution in [0.15, 0.2) is 54.6 Å². The summed E-state index contributed by atoms with van der Waals surface area (Å²) in [7, 11) is -4.09. The van der Waals surface area contributed by atoms with Crippen molar-refractivity contribution in [1.29, 1.82) is 0 Å². The van der Waals surface area contributed by atoms with E-state index in [4.69, 9.17) is 9.05 Å². The zero-order valence-electron chi connectivity index (χ0n) is 12.0. The lowest BCUT2D eigenvalue weighted by atomic mass is 10.1. The Kier molecular flexibility index (Phi) is 5.12. The minimum atomic E-state index is -4.76. The minimum absolute atomic E-state index is 0.0498. The Morgan fingerprint density at radius 3 is 2.09 bits per heavy atom. The van der Waals surface area contributed by atoms with Crippen LogP contribution >= 0.6 is 7.60 Å². The molecule has 2 atom stereocenters. The molecule has 0 amide bonds. The third-order valence-electron chi connectivity index (χ3n) is 2.78. The largest absolute Gasteiger partial charge is 0.425 e. The zero-order chi connectivity index (χ0) is 17.1. The molecule has 0 radical (unpaired) electrons. The van der Waals surface area contributed by atoms with Crippen LogP contribution in [0.4, 0.5) is 17.6 Å². The first-order chi connectivity index (χ1) is 10.7. The maximum atomic E-state index is 13.2. The number of hydrogen-bond donors (Lipinski definition) is 0. The van der Waals surface area contributed by atoms with E-state index < -0.39 is 25.7 Å². The predicted octanol–water partition coefficient (Wildman–Crippen LogP) is 5.35. The van der Waals surface area contributed by atoms with E-state index in [0.29, 0.717) is 0 Å². The second kappa shape index (κ2) is 6.72. The number of rotatable bonds is 5. The fourth-order valence-electron chi connectivity index (χ4n) is 1.84. The van der Waals surface area contributed by atoms with Crippen molar-refractivity contribution in [2.75, 3.05) is 6.66 Å². The minimum Gasteiger partial charge on any atom is -0.425 e. The molecule has 3 nitrogen and oxygen atoms in total. The number of benzene rings is 2. The molecule has 0 spiro atoms. The Bertz CT molecular complexity index is 686. The van der Waals surface area contributed by atoms with Crippen molar-refractivity contribution >= 4 is 7.60 Å². The molecule has 0 saturated carbocycles. The van der Waals surface area contributed by atoms with Gasteiger partial charge in [-0.2, -0.15) is 13.2 Å². The van der Waals surface area contributed by atoms with Crippen molar-refractivity contribution in [2.45, 2.75) is 12.3 Å². The summed E-state index contributed by atoms with van der Waals surface area (Å²) in [6.45, 7) is 0.929. The second-order valence-corrected chi connectivity index (χ2v) is 6.69. The molecule has 0 aliphatic rings. The quantitative estimate of drug-likeness (QED) is 0.540. The van der Waals surface area contributed by atoms with E-state index in [-0.39, 0.29) is 11.3 Å². The monoisotopic (exact) mass is 348 g/mol. The fourth-order valence-corrected chi connectivity index (χ4v) is 3.01. The number of alkyl halides is 3. The van der Waals surface area contributed by atoms with Crippen LogP contribution in [0, 0.1) is 5.82 Å². The van der Waals surface area contributed by atoms with Gasteiger partial charge in [0.15, 0.2) is 6.10 Å². The van der Waals surface area contributed by atoms with Gasteiger partial charge in [-0.25, -0.2) is 8.96 Å². The normalized spacial score (nSPS) is 15.7. The van der Waals surface area contributed by atoms with E-state index in [1.807, 2.05) is 0 Å². The molecule has 8 heteroatoms. The van der Waals surface area contributed by atoms with Gasteiger partial charge in [0.05, 0.1) is 0 Å². The number of halogens is 4. The molecule has 2 aromatic carbocycles. The number of hydrogen-bond acceptors (Lipinski definition) is 3. The van der Waals surface area contributed by atoms with Gasteiger partial charge in [-0.3, -0.25) is 4.52 Å². The predicted molar refractivity (Wildman–Crippen MR) is 76.9 cm³/mol. The third kappa shape index (κ3) is 5.08. The molecule has 0 aliphatic carbocycles. The van der Waals surface area contributed by atoms with E-state index in [2.05, 4.69) is 0 Å². The molecule has 0 heterocycles. The van der Waals surface area contributed by atoms with Crippen molar-refractivity contribution in [3.8, 4) is 5.75 Å². The van der Waals surface area contributed by atoms with Gasteiger partial charge in [0, 0.05) is 6.66 Å². The summed E-state index contributed by atoms with van der Waals surface area (Å²) in [4.78, 5) is 0. The van der Waals surface area contributed by atoms with Crippen LogP contribution in [-0.2, 0) is 9.09 Å². The van der Waals surface area contributed by atoms with Crippen molar-refractivity contribution in [1.82, 2.24) is 0 Å². The van der Waals surface area contributed by atoms with Crippen LogP contribution in [0.3, 0.4) is 0 Å². The summed E-state index contributed by atoms with van der Waals surface area (Å²) in [5.41, 5.74) is -0.190. The average molecular weight is 348 g/mol. The average Bonchev–Trinajstić information content (AvgIpc) is 2.47. The van der Waals surface area contributed by atoms with Crippen molar-refractivity contribution in [3.63, 3.8) is 0 Å². The summed E-state index contributed by atoms with van der Waals surface area (Å²) in [5, 5.41) is 0. The maximum Gasteiger partial charge on any atom is 0.419 e. The van der Waals surface area contributed by atoms with E-state index in [0.717, 1.165) is 30.9 Å².